The molecule has 0 aromatic heterocycles. The van der Waals surface area contributed by atoms with Gasteiger partial charge in [-0.2, -0.15) is 0 Å². The first kappa shape index (κ1) is 18.4. The third-order valence-corrected chi connectivity index (χ3v) is 3.65. The number of hydrogen-bond acceptors (Lipinski definition) is 1. The number of hydrogen-bond donors (Lipinski definition) is 1. The molecule has 0 aliphatic carbocycles. The molecule has 0 aromatic rings. The molecule has 19 heavy (non-hydrogen) atoms. The summed E-state index contributed by atoms with van der Waals surface area (Å²) in [7, 11) is 0. The summed E-state index contributed by atoms with van der Waals surface area (Å²) in [5.41, 5.74) is 0. The van der Waals surface area contributed by atoms with E-state index in [0.29, 0.717) is 0 Å². The van der Waals surface area contributed by atoms with Crippen LogP contribution in [0.5, 0.6) is 0 Å². The molecule has 0 bridgehead atoms. The SMILES string of the molecule is C=CCNC(=S)N(CCCCCC)CCCCCC. The van der Waals surface area contributed by atoms with E-state index in [0.717, 1.165) is 24.7 Å². The lowest BCUT2D eigenvalue weighted by Gasteiger charge is -2.25. The van der Waals surface area contributed by atoms with Crippen LogP contribution in [0, 0.1) is 0 Å². The summed E-state index contributed by atoms with van der Waals surface area (Å²) in [4.78, 5) is 2.34. The van der Waals surface area contributed by atoms with Crippen molar-refractivity contribution in [2.45, 2.75) is 65.2 Å². The molecule has 0 amide bonds. The van der Waals surface area contributed by atoms with Crippen LogP contribution in [-0.2, 0) is 0 Å². The van der Waals surface area contributed by atoms with Crippen molar-refractivity contribution in [3.05, 3.63) is 12.7 Å². The monoisotopic (exact) mass is 284 g/mol. The third kappa shape index (κ3) is 11.0. The first-order valence-electron chi connectivity index (χ1n) is 7.89. The second-order valence-electron chi connectivity index (χ2n) is 5.08. The van der Waals surface area contributed by atoms with Crippen molar-refractivity contribution in [2.75, 3.05) is 19.6 Å². The average Bonchev–Trinajstić information content (AvgIpc) is 2.43. The second-order valence-corrected chi connectivity index (χ2v) is 5.47. The summed E-state index contributed by atoms with van der Waals surface area (Å²) in [6.07, 6.45) is 12.2. The Morgan fingerprint density at radius 1 is 1.00 bits per heavy atom. The molecule has 0 spiro atoms. The fourth-order valence-corrected chi connectivity index (χ4v) is 2.31. The molecule has 0 saturated carbocycles. The van der Waals surface area contributed by atoms with Crippen molar-refractivity contribution in [1.29, 1.82) is 0 Å². The van der Waals surface area contributed by atoms with E-state index >= 15 is 0 Å². The van der Waals surface area contributed by atoms with Gasteiger partial charge in [-0.05, 0) is 25.1 Å². The molecule has 0 radical (unpaired) electrons. The van der Waals surface area contributed by atoms with E-state index in [2.05, 4.69) is 30.6 Å². The summed E-state index contributed by atoms with van der Waals surface area (Å²) < 4.78 is 0. The van der Waals surface area contributed by atoms with Crippen LogP contribution in [0.2, 0.25) is 0 Å². The maximum Gasteiger partial charge on any atom is 0.169 e. The van der Waals surface area contributed by atoms with E-state index < -0.39 is 0 Å². The maximum absolute atomic E-state index is 5.46. The largest absolute Gasteiger partial charge is 0.359 e. The fourth-order valence-electron chi connectivity index (χ4n) is 2.05. The Kier molecular flexibility index (Phi) is 13.4. The topological polar surface area (TPSA) is 15.3 Å². The van der Waals surface area contributed by atoms with Crippen LogP contribution in [0.3, 0.4) is 0 Å². The highest BCUT2D eigenvalue weighted by molar-refractivity contribution is 7.80. The van der Waals surface area contributed by atoms with Crippen molar-refractivity contribution >= 4 is 17.3 Å². The minimum Gasteiger partial charge on any atom is -0.359 e. The Labute approximate surface area is 125 Å². The van der Waals surface area contributed by atoms with Crippen LogP contribution in [0.25, 0.3) is 0 Å². The summed E-state index contributed by atoms with van der Waals surface area (Å²) in [5.74, 6) is 0. The lowest BCUT2D eigenvalue weighted by atomic mass is 10.2. The summed E-state index contributed by atoms with van der Waals surface area (Å²) in [6.45, 7) is 11.2. The van der Waals surface area contributed by atoms with Crippen LogP contribution >= 0.6 is 12.2 Å². The predicted octanol–water partition coefficient (Wildman–Crippen LogP) is 4.51. The normalized spacial score (nSPS) is 10.2. The molecule has 112 valence electrons. The van der Waals surface area contributed by atoms with E-state index in [-0.39, 0.29) is 0 Å². The second kappa shape index (κ2) is 13.9. The molecule has 0 saturated heterocycles. The molecule has 3 heteroatoms. The zero-order valence-corrected chi connectivity index (χ0v) is 13.7. The molecule has 2 nitrogen and oxygen atoms in total. The molecule has 0 unspecified atom stereocenters. The highest BCUT2D eigenvalue weighted by atomic mass is 32.1. The molecule has 0 aliphatic rings. The number of thiocarbonyl (C=S) groups is 1. The summed E-state index contributed by atoms with van der Waals surface area (Å²) >= 11 is 5.46. The Bertz CT molecular complexity index is 217. The Hall–Kier alpha value is -0.570. The molecular formula is C16H32N2S. The highest BCUT2D eigenvalue weighted by Crippen LogP contribution is 2.05. The van der Waals surface area contributed by atoms with Crippen LogP contribution in [0.4, 0.5) is 0 Å². The van der Waals surface area contributed by atoms with Crippen molar-refractivity contribution < 1.29 is 0 Å². The van der Waals surface area contributed by atoms with Crippen LogP contribution in [-0.4, -0.2) is 29.6 Å². The van der Waals surface area contributed by atoms with Crippen LogP contribution < -0.4 is 5.32 Å². The lowest BCUT2D eigenvalue weighted by Crippen LogP contribution is -2.40. The van der Waals surface area contributed by atoms with Gasteiger partial charge in [0.2, 0.25) is 0 Å². The lowest BCUT2D eigenvalue weighted by molar-refractivity contribution is 0.382. The van der Waals surface area contributed by atoms with Crippen molar-refractivity contribution in [1.82, 2.24) is 10.2 Å². The van der Waals surface area contributed by atoms with Crippen LogP contribution in [0.15, 0.2) is 12.7 Å². The molecule has 0 aromatic carbocycles. The van der Waals surface area contributed by atoms with E-state index in [9.17, 15) is 0 Å². The number of unbranched alkanes of at least 4 members (excludes halogenated alkanes) is 6. The molecule has 0 fully saturated rings. The van der Waals surface area contributed by atoms with E-state index in [1.165, 1.54) is 51.4 Å². The molecule has 1 N–H and O–H groups in total. The molecule has 0 heterocycles. The average molecular weight is 285 g/mol. The van der Waals surface area contributed by atoms with Gasteiger partial charge in [0.15, 0.2) is 5.11 Å². The van der Waals surface area contributed by atoms with Gasteiger partial charge < -0.3 is 10.2 Å². The van der Waals surface area contributed by atoms with Gasteiger partial charge >= 0.3 is 0 Å². The number of nitrogens with zero attached hydrogens (tertiary/aromatic N) is 1. The zero-order chi connectivity index (χ0) is 14.3. The van der Waals surface area contributed by atoms with Crippen molar-refractivity contribution in [3.8, 4) is 0 Å². The van der Waals surface area contributed by atoms with Gasteiger partial charge in [-0.3, -0.25) is 0 Å². The standard InChI is InChI=1S/C16H32N2S/c1-4-7-9-11-14-18(15-12-10-8-5-2)16(19)17-13-6-3/h6H,3-5,7-15H2,1-2H3,(H,17,19). The van der Waals surface area contributed by atoms with E-state index in [1.54, 1.807) is 0 Å². The highest BCUT2D eigenvalue weighted by Gasteiger charge is 2.07. The minimum absolute atomic E-state index is 0.763. The first-order valence-corrected chi connectivity index (χ1v) is 8.30. The minimum atomic E-state index is 0.763. The molecule has 0 aliphatic heterocycles. The Morgan fingerprint density at radius 2 is 1.53 bits per heavy atom. The van der Waals surface area contributed by atoms with Gasteiger partial charge in [-0.25, -0.2) is 0 Å². The number of nitrogens with one attached hydrogen (secondary N) is 1. The Balaban J connectivity index is 3.97. The molecule has 0 atom stereocenters. The van der Waals surface area contributed by atoms with Crippen molar-refractivity contribution in [2.24, 2.45) is 0 Å². The first-order chi connectivity index (χ1) is 9.26. The maximum atomic E-state index is 5.46. The van der Waals surface area contributed by atoms with Crippen LogP contribution in [0.1, 0.15) is 65.2 Å². The predicted molar refractivity (Wildman–Crippen MR) is 90.7 cm³/mol. The zero-order valence-electron chi connectivity index (χ0n) is 12.9. The Morgan fingerprint density at radius 3 is 1.95 bits per heavy atom. The van der Waals surface area contributed by atoms with Gasteiger partial charge in [0.05, 0.1) is 0 Å². The van der Waals surface area contributed by atoms with Gasteiger partial charge in [0, 0.05) is 19.6 Å². The summed E-state index contributed by atoms with van der Waals surface area (Å²) in [6, 6.07) is 0. The third-order valence-electron chi connectivity index (χ3n) is 3.25. The molecular weight excluding hydrogens is 252 g/mol. The van der Waals surface area contributed by atoms with Gasteiger partial charge in [0.1, 0.15) is 0 Å². The fraction of sp³-hybridized carbons (Fsp3) is 0.812. The van der Waals surface area contributed by atoms with E-state index in [1.807, 2.05) is 6.08 Å². The van der Waals surface area contributed by atoms with Crippen molar-refractivity contribution in [3.63, 3.8) is 0 Å². The summed E-state index contributed by atoms with van der Waals surface area (Å²) in [5, 5.41) is 4.15. The number of rotatable bonds is 12. The quantitative estimate of drug-likeness (QED) is 0.322. The molecule has 0 rings (SSSR count). The smallest absolute Gasteiger partial charge is 0.169 e. The van der Waals surface area contributed by atoms with E-state index in [4.69, 9.17) is 12.2 Å². The van der Waals surface area contributed by atoms with Gasteiger partial charge in [-0.15, -0.1) is 6.58 Å². The van der Waals surface area contributed by atoms with Gasteiger partial charge in [-0.1, -0.05) is 58.4 Å². The van der Waals surface area contributed by atoms with Gasteiger partial charge in [0.25, 0.3) is 0 Å².